The molecule has 0 saturated heterocycles. The molecule has 0 aromatic heterocycles. The molecule has 0 aliphatic heterocycles. The largest absolute Gasteiger partial charge is 0.462 e. The fourth-order valence-electron chi connectivity index (χ4n) is 2.92. The lowest BCUT2D eigenvalue weighted by Crippen LogP contribution is -2.31. The molecule has 1 aliphatic rings. The maximum absolute atomic E-state index is 11.8. The molecule has 0 heterocycles. The van der Waals surface area contributed by atoms with Gasteiger partial charge in [0.05, 0.1) is 0 Å². The monoisotopic (exact) mass is 296 g/mol. The molecular formula is C17H28O4. The van der Waals surface area contributed by atoms with Crippen LogP contribution in [0.25, 0.3) is 0 Å². The van der Waals surface area contributed by atoms with E-state index in [2.05, 4.69) is 27.4 Å². The summed E-state index contributed by atoms with van der Waals surface area (Å²) in [6.45, 7) is 12.1. The molecular weight excluding hydrogens is 268 g/mol. The van der Waals surface area contributed by atoms with E-state index in [1.165, 1.54) is 6.42 Å². The van der Waals surface area contributed by atoms with E-state index >= 15 is 0 Å². The maximum atomic E-state index is 11.8. The van der Waals surface area contributed by atoms with E-state index in [9.17, 15) is 9.59 Å². The lowest BCUT2D eigenvalue weighted by atomic mass is 9.68. The Labute approximate surface area is 127 Å². The molecule has 120 valence electrons. The highest BCUT2D eigenvalue weighted by molar-refractivity contribution is 5.86. The average molecular weight is 296 g/mol. The summed E-state index contributed by atoms with van der Waals surface area (Å²) >= 11 is 0. The summed E-state index contributed by atoms with van der Waals surface area (Å²) < 4.78 is 10.0. The van der Waals surface area contributed by atoms with Crippen LogP contribution < -0.4 is 0 Å². The molecule has 1 fully saturated rings. The van der Waals surface area contributed by atoms with E-state index in [4.69, 9.17) is 9.47 Å². The van der Waals surface area contributed by atoms with Crippen LogP contribution >= 0.6 is 0 Å². The number of ether oxygens (including phenoxy) is 2. The van der Waals surface area contributed by atoms with Crippen LogP contribution in [0.2, 0.25) is 0 Å². The molecule has 4 nitrogen and oxygen atoms in total. The second-order valence-corrected chi connectivity index (χ2v) is 6.37. The van der Waals surface area contributed by atoms with Gasteiger partial charge in [-0.15, -0.1) is 0 Å². The molecule has 1 saturated carbocycles. The third-order valence-corrected chi connectivity index (χ3v) is 4.82. The van der Waals surface area contributed by atoms with Crippen LogP contribution in [0, 0.1) is 23.7 Å². The Kier molecular flexibility index (Phi) is 6.93. The Morgan fingerprint density at radius 2 is 1.67 bits per heavy atom. The SMILES string of the molecule is C=C(C)C(=O)OCCOC(=O)CC1CCC(C)C(C)C1C. The summed E-state index contributed by atoms with van der Waals surface area (Å²) in [5.74, 6) is 1.68. The van der Waals surface area contributed by atoms with Crippen molar-refractivity contribution in [2.24, 2.45) is 23.7 Å². The van der Waals surface area contributed by atoms with Crippen molar-refractivity contribution >= 4 is 11.9 Å². The van der Waals surface area contributed by atoms with Gasteiger partial charge in [0.2, 0.25) is 0 Å². The van der Waals surface area contributed by atoms with E-state index in [-0.39, 0.29) is 19.2 Å². The first-order valence-corrected chi connectivity index (χ1v) is 7.81. The molecule has 1 aliphatic carbocycles. The van der Waals surface area contributed by atoms with Crippen molar-refractivity contribution in [2.75, 3.05) is 13.2 Å². The van der Waals surface area contributed by atoms with Gasteiger partial charge in [-0.3, -0.25) is 4.79 Å². The van der Waals surface area contributed by atoms with Gasteiger partial charge in [0.25, 0.3) is 0 Å². The Morgan fingerprint density at radius 1 is 1.05 bits per heavy atom. The van der Waals surface area contributed by atoms with Crippen LogP contribution in [0.3, 0.4) is 0 Å². The van der Waals surface area contributed by atoms with E-state index in [1.807, 2.05) is 0 Å². The third-order valence-electron chi connectivity index (χ3n) is 4.82. The van der Waals surface area contributed by atoms with Gasteiger partial charge in [-0.1, -0.05) is 33.8 Å². The van der Waals surface area contributed by atoms with Gasteiger partial charge in [-0.2, -0.15) is 0 Å². The number of carbonyl (C=O) groups is 2. The van der Waals surface area contributed by atoms with Crippen LogP contribution in [0.1, 0.15) is 47.0 Å². The first-order valence-electron chi connectivity index (χ1n) is 7.81. The van der Waals surface area contributed by atoms with Crippen LogP contribution in [-0.4, -0.2) is 25.2 Å². The van der Waals surface area contributed by atoms with Gasteiger partial charge in [0, 0.05) is 12.0 Å². The highest BCUT2D eigenvalue weighted by Gasteiger charge is 2.33. The van der Waals surface area contributed by atoms with Crippen LogP contribution in [0.15, 0.2) is 12.2 Å². The Morgan fingerprint density at radius 3 is 2.29 bits per heavy atom. The van der Waals surface area contributed by atoms with Crippen LogP contribution in [0.4, 0.5) is 0 Å². The van der Waals surface area contributed by atoms with Gasteiger partial charge in [0.15, 0.2) is 0 Å². The minimum Gasteiger partial charge on any atom is -0.462 e. The molecule has 0 amide bonds. The van der Waals surface area contributed by atoms with Gasteiger partial charge in [-0.05, 0) is 37.0 Å². The lowest BCUT2D eigenvalue weighted by Gasteiger charge is -2.38. The zero-order chi connectivity index (χ0) is 16.0. The molecule has 1 rings (SSSR count). The Balaban J connectivity index is 2.25. The topological polar surface area (TPSA) is 52.6 Å². The number of carbonyl (C=O) groups excluding carboxylic acids is 2. The summed E-state index contributed by atoms with van der Waals surface area (Å²) in [7, 11) is 0. The van der Waals surface area contributed by atoms with Crippen molar-refractivity contribution in [3.63, 3.8) is 0 Å². The average Bonchev–Trinajstić information content (AvgIpc) is 2.44. The fourth-order valence-corrected chi connectivity index (χ4v) is 2.92. The molecule has 0 aromatic rings. The normalized spacial score (nSPS) is 28.8. The van der Waals surface area contributed by atoms with Crippen molar-refractivity contribution in [2.45, 2.75) is 47.0 Å². The number of esters is 2. The van der Waals surface area contributed by atoms with Gasteiger partial charge in [0.1, 0.15) is 13.2 Å². The smallest absolute Gasteiger partial charge is 0.333 e. The fraction of sp³-hybridized carbons (Fsp3) is 0.765. The Hall–Kier alpha value is -1.32. The number of rotatable bonds is 6. The predicted octanol–water partition coefficient (Wildman–Crippen LogP) is 3.36. The molecule has 0 aromatic carbocycles. The van der Waals surface area contributed by atoms with Crippen LogP contribution in [0.5, 0.6) is 0 Å². The van der Waals surface area contributed by atoms with Crippen molar-refractivity contribution in [1.29, 1.82) is 0 Å². The Bertz CT molecular complexity index is 388. The van der Waals surface area contributed by atoms with Crippen molar-refractivity contribution in [1.82, 2.24) is 0 Å². The van der Waals surface area contributed by atoms with Crippen molar-refractivity contribution in [3.8, 4) is 0 Å². The summed E-state index contributed by atoms with van der Waals surface area (Å²) in [5.41, 5.74) is 0.348. The minimum absolute atomic E-state index is 0.0884. The molecule has 4 atom stereocenters. The zero-order valence-corrected chi connectivity index (χ0v) is 13.7. The van der Waals surface area contributed by atoms with Gasteiger partial charge in [-0.25, -0.2) is 4.79 Å². The summed E-state index contributed by atoms with van der Waals surface area (Å²) in [6.07, 6.45) is 2.73. The molecule has 0 spiro atoms. The molecule has 0 N–H and O–H groups in total. The van der Waals surface area contributed by atoms with E-state index in [0.717, 1.165) is 12.3 Å². The molecule has 21 heavy (non-hydrogen) atoms. The van der Waals surface area contributed by atoms with Crippen LogP contribution in [-0.2, 0) is 19.1 Å². The highest BCUT2D eigenvalue weighted by atomic mass is 16.6. The van der Waals surface area contributed by atoms with E-state index < -0.39 is 5.97 Å². The summed E-state index contributed by atoms with van der Waals surface area (Å²) in [4.78, 5) is 23.0. The third kappa shape index (κ3) is 5.52. The highest BCUT2D eigenvalue weighted by Crippen LogP contribution is 2.39. The molecule has 0 bridgehead atoms. The standard InChI is InChI=1S/C17H28O4/c1-11(2)17(19)21-9-8-20-16(18)10-15-7-6-12(3)13(4)14(15)5/h12-15H,1,6-10H2,2-5H3. The number of hydrogen-bond acceptors (Lipinski definition) is 4. The molecule has 4 heteroatoms. The summed E-state index contributed by atoms with van der Waals surface area (Å²) in [5, 5.41) is 0. The van der Waals surface area contributed by atoms with E-state index in [1.54, 1.807) is 6.92 Å². The quantitative estimate of drug-likeness (QED) is 0.428. The first kappa shape index (κ1) is 17.7. The van der Waals surface area contributed by atoms with Crippen molar-refractivity contribution < 1.29 is 19.1 Å². The second-order valence-electron chi connectivity index (χ2n) is 6.37. The predicted molar refractivity (Wildman–Crippen MR) is 81.6 cm³/mol. The lowest BCUT2D eigenvalue weighted by molar-refractivity contribution is -0.151. The van der Waals surface area contributed by atoms with E-state index in [0.29, 0.717) is 29.7 Å². The zero-order valence-electron chi connectivity index (χ0n) is 13.7. The van der Waals surface area contributed by atoms with Gasteiger partial charge >= 0.3 is 11.9 Å². The first-order chi connectivity index (χ1) is 9.82. The van der Waals surface area contributed by atoms with Crippen molar-refractivity contribution in [3.05, 3.63) is 12.2 Å². The number of hydrogen-bond donors (Lipinski definition) is 0. The summed E-state index contributed by atoms with van der Waals surface area (Å²) in [6, 6.07) is 0. The molecule has 4 unspecified atom stereocenters. The minimum atomic E-state index is -0.449. The maximum Gasteiger partial charge on any atom is 0.333 e. The van der Waals surface area contributed by atoms with Gasteiger partial charge < -0.3 is 9.47 Å². The molecule has 0 radical (unpaired) electrons. The second kappa shape index (κ2) is 8.20.